The van der Waals surface area contributed by atoms with E-state index in [0.29, 0.717) is 12.1 Å². The van der Waals surface area contributed by atoms with Gasteiger partial charge in [-0.25, -0.2) is 0 Å². The molecule has 17 heavy (non-hydrogen) atoms. The minimum atomic E-state index is -0.0379. The molecule has 1 N–H and O–H groups in total. The van der Waals surface area contributed by atoms with Crippen LogP contribution in [-0.4, -0.2) is 5.91 Å². The van der Waals surface area contributed by atoms with Gasteiger partial charge in [0.2, 0.25) is 0 Å². The third-order valence-electron chi connectivity index (χ3n) is 2.18. The van der Waals surface area contributed by atoms with Gasteiger partial charge in [-0.05, 0) is 52.2 Å². The first kappa shape index (κ1) is 13.0. The van der Waals surface area contributed by atoms with Crippen LogP contribution in [0.25, 0.3) is 0 Å². The highest BCUT2D eigenvalue weighted by Crippen LogP contribution is 2.18. The fourth-order valence-corrected chi connectivity index (χ4v) is 2.93. The lowest BCUT2D eigenvalue weighted by Gasteiger charge is -2.06. The van der Waals surface area contributed by atoms with Crippen LogP contribution in [0.15, 0.2) is 40.2 Å². The molecule has 1 aromatic heterocycles. The zero-order chi connectivity index (χ0) is 12.3. The van der Waals surface area contributed by atoms with Gasteiger partial charge in [0.25, 0.3) is 5.91 Å². The molecule has 0 spiro atoms. The van der Waals surface area contributed by atoms with Gasteiger partial charge in [-0.2, -0.15) is 0 Å². The van der Waals surface area contributed by atoms with Crippen molar-refractivity contribution in [3.8, 4) is 0 Å². The summed E-state index contributed by atoms with van der Waals surface area (Å²) >= 11 is 7.18. The summed E-state index contributed by atoms with van der Waals surface area (Å²) in [6.07, 6.45) is 0. The molecule has 1 aromatic carbocycles. The first-order chi connectivity index (χ1) is 8.16. The maximum atomic E-state index is 12.0. The molecular weight excluding hydrogens is 413 g/mol. The van der Waals surface area contributed by atoms with E-state index in [1.807, 2.05) is 35.7 Å². The van der Waals surface area contributed by atoms with Crippen LogP contribution >= 0.6 is 49.9 Å². The predicted molar refractivity (Wildman–Crippen MR) is 82.3 cm³/mol. The Balaban J connectivity index is 2.07. The van der Waals surface area contributed by atoms with Crippen LogP contribution in [0.1, 0.15) is 15.2 Å². The van der Waals surface area contributed by atoms with E-state index >= 15 is 0 Å². The maximum Gasteiger partial charge on any atom is 0.252 e. The second-order valence-corrected chi connectivity index (χ2v) is 6.50. The van der Waals surface area contributed by atoms with Crippen molar-refractivity contribution in [2.24, 2.45) is 0 Å². The van der Waals surface area contributed by atoms with E-state index in [9.17, 15) is 4.79 Å². The van der Waals surface area contributed by atoms with Crippen LogP contribution in [-0.2, 0) is 6.54 Å². The molecule has 0 unspecified atom stereocenters. The SMILES string of the molecule is O=C(NCc1cccs1)c1cc(Br)ccc1I. The first-order valence-corrected chi connectivity index (χ1v) is 7.67. The second-order valence-electron chi connectivity index (χ2n) is 3.39. The number of nitrogens with one attached hydrogen (secondary N) is 1. The number of amides is 1. The zero-order valence-electron chi connectivity index (χ0n) is 8.74. The number of carbonyl (C=O) groups excluding carboxylic acids is 1. The van der Waals surface area contributed by atoms with Crippen molar-refractivity contribution < 1.29 is 4.79 Å². The second kappa shape index (κ2) is 5.97. The minimum absolute atomic E-state index is 0.0379. The van der Waals surface area contributed by atoms with Crippen molar-refractivity contribution in [1.29, 1.82) is 0 Å². The molecule has 0 saturated heterocycles. The molecule has 1 amide bonds. The van der Waals surface area contributed by atoms with E-state index < -0.39 is 0 Å². The molecule has 0 bridgehead atoms. The molecule has 0 atom stereocenters. The smallest absolute Gasteiger partial charge is 0.252 e. The summed E-state index contributed by atoms with van der Waals surface area (Å²) in [5.74, 6) is -0.0379. The molecule has 2 rings (SSSR count). The quantitative estimate of drug-likeness (QED) is 0.744. The molecule has 0 aliphatic rings. The average Bonchev–Trinajstić information content (AvgIpc) is 2.82. The zero-order valence-corrected chi connectivity index (χ0v) is 13.3. The molecule has 88 valence electrons. The van der Waals surface area contributed by atoms with Gasteiger partial charge in [-0.3, -0.25) is 4.79 Å². The van der Waals surface area contributed by atoms with Gasteiger partial charge in [-0.15, -0.1) is 11.3 Å². The Morgan fingerprint density at radius 2 is 2.24 bits per heavy atom. The van der Waals surface area contributed by atoms with E-state index in [2.05, 4.69) is 43.8 Å². The highest BCUT2D eigenvalue weighted by molar-refractivity contribution is 14.1. The predicted octanol–water partition coefficient (Wildman–Crippen LogP) is 4.05. The van der Waals surface area contributed by atoms with E-state index in [4.69, 9.17) is 0 Å². The van der Waals surface area contributed by atoms with Crippen molar-refractivity contribution in [1.82, 2.24) is 5.32 Å². The van der Waals surface area contributed by atoms with Gasteiger partial charge in [0, 0.05) is 12.9 Å². The maximum absolute atomic E-state index is 12.0. The normalized spacial score (nSPS) is 10.2. The van der Waals surface area contributed by atoms with Crippen LogP contribution in [0.5, 0.6) is 0 Å². The van der Waals surface area contributed by atoms with Gasteiger partial charge in [0.1, 0.15) is 0 Å². The summed E-state index contributed by atoms with van der Waals surface area (Å²) in [6, 6.07) is 9.68. The fraction of sp³-hybridized carbons (Fsp3) is 0.0833. The molecule has 0 saturated carbocycles. The first-order valence-electron chi connectivity index (χ1n) is 4.92. The van der Waals surface area contributed by atoms with Crippen molar-refractivity contribution in [2.45, 2.75) is 6.54 Å². The van der Waals surface area contributed by atoms with Crippen LogP contribution in [0, 0.1) is 3.57 Å². The summed E-state index contributed by atoms with van der Waals surface area (Å²) in [5, 5.41) is 4.92. The monoisotopic (exact) mass is 421 g/mol. The van der Waals surface area contributed by atoms with Crippen LogP contribution < -0.4 is 5.32 Å². The number of thiophene rings is 1. The number of hydrogen-bond acceptors (Lipinski definition) is 2. The highest BCUT2D eigenvalue weighted by atomic mass is 127. The number of rotatable bonds is 3. The molecule has 2 aromatic rings. The lowest BCUT2D eigenvalue weighted by atomic mass is 10.2. The molecule has 0 fully saturated rings. The Kier molecular flexibility index (Phi) is 4.58. The number of benzene rings is 1. The van der Waals surface area contributed by atoms with E-state index in [1.165, 1.54) is 0 Å². The van der Waals surface area contributed by atoms with Crippen LogP contribution in [0.3, 0.4) is 0 Å². The molecule has 2 nitrogen and oxygen atoms in total. The fourth-order valence-electron chi connectivity index (χ4n) is 1.35. The minimum Gasteiger partial charge on any atom is -0.347 e. The Morgan fingerprint density at radius 3 is 2.94 bits per heavy atom. The van der Waals surface area contributed by atoms with Crippen molar-refractivity contribution in [3.05, 3.63) is 54.2 Å². The topological polar surface area (TPSA) is 29.1 Å². The van der Waals surface area contributed by atoms with Crippen molar-refractivity contribution in [2.75, 3.05) is 0 Å². The summed E-state index contributed by atoms with van der Waals surface area (Å²) in [6.45, 7) is 0.582. The van der Waals surface area contributed by atoms with Gasteiger partial charge >= 0.3 is 0 Å². The summed E-state index contributed by atoms with van der Waals surface area (Å²) in [4.78, 5) is 13.1. The third-order valence-corrected chi connectivity index (χ3v) is 4.49. The van der Waals surface area contributed by atoms with Crippen molar-refractivity contribution >= 4 is 55.8 Å². The van der Waals surface area contributed by atoms with E-state index in [0.717, 1.165) is 12.9 Å². The lowest BCUT2D eigenvalue weighted by Crippen LogP contribution is -2.23. The van der Waals surface area contributed by atoms with E-state index in [1.54, 1.807) is 11.3 Å². The Bertz CT molecular complexity index is 527. The Morgan fingerprint density at radius 1 is 1.41 bits per heavy atom. The number of halogens is 2. The average molecular weight is 422 g/mol. The van der Waals surface area contributed by atoms with Crippen molar-refractivity contribution in [3.63, 3.8) is 0 Å². The third kappa shape index (κ3) is 3.53. The van der Waals surface area contributed by atoms with E-state index in [-0.39, 0.29) is 5.91 Å². The lowest BCUT2D eigenvalue weighted by molar-refractivity contribution is 0.0950. The van der Waals surface area contributed by atoms with Crippen LogP contribution in [0.4, 0.5) is 0 Å². The highest BCUT2D eigenvalue weighted by Gasteiger charge is 2.10. The Labute approximate surface area is 126 Å². The van der Waals surface area contributed by atoms with Gasteiger partial charge in [0.05, 0.1) is 12.1 Å². The standard InChI is InChI=1S/C12H9BrINOS/c13-8-3-4-11(14)10(6-8)12(16)15-7-9-2-1-5-17-9/h1-6H,7H2,(H,15,16). The molecule has 5 heteroatoms. The summed E-state index contributed by atoms with van der Waals surface area (Å²) in [7, 11) is 0. The number of carbonyl (C=O) groups is 1. The van der Waals surface area contributed by atoms with Crippen LogP contribution in [0.2, 0.25) is 0 Å². The molecular formula is C12H9BrINOS. The molecule has 0 aliphatic heterocycles. The number of hydrogen-bond donors (Lipinski definition) is 1. The molecule has 0 aliphatic carbocycles. The largest absolute Gasteiger partial charge is 0.347 e. The van der Waals surface area contributed by atoms with Gasteiger partial charge in [0.15, 0.2) is 0 Å². The molecule has 0 radical (unpaired) electrons. The summed E-state index contributed by atoms with van der Waals surface area (Å²) < 4.78 is 1.87. The molecule has 1 heterocycles. The van der Waals surface area contributed by atoms with Gasteiger partial charge in [-0.1, -0.05) is 22.0 Å². The summed E-state index contributed by atoms with van der Waals surface area (Å²) in [5.41, 5.74) is 0.705. The van der Waals surface area contributed by atoms with Gasteiger partial charge < -0.3 is 5.32 Å². The Hall–Kier alpha value is -0.400.